The van der Waals surface area contributed by atoms with Gasteiger partial charge >= 0.3 is 0 Å². The molecule has 3 nitrogen and oxygen atoms in total. The number of aromatic nitrogens is 3. The first-order valence-corrected chi connectivity index (χ1v) is 6.98. The quantitative estimate of drug-likeness (QED) is 0.806. The first kappa shape index (κ1) is 10.4. The van der Waals surface area contributed by atoms with Gasteiger partial charge in [-0.1, -0.05) is 0 Å². The molecule has 2 aliphatic carbocycles. The van der Waals surface area contributed by atoms with Crippen LogP contribution in [0.3, 0.4) is 0 Å². The average Bonchev–Trinajstić information content (AvgIpc) is 3.26. The summed E-state index contributed by atoms with van der Waals surface area (Å²) in [5.74, 6) is 1.94. The van der Waals surface area contributed by atoms with Crippen LogP contribution in [0.2, 0.25) is 0 Å². The van der Waals surface area contributed by atoms with Crippen LogP contribution in [0.15, 0.2) is 18.3 Å². The van der Waals surface area contributed by atoms with Crippen LogP contribution in [-0.2, 0) is 0 Å². The fourth-order valence-electron chi connectivity index (χ4n) is 2.78. The molecule has 2 heterocycles. The fraction of sp³-hybridized carbons (Fsp3) is 0.533. The van der Waals surface area contributed by atoms with E-state index in [0.29, 0.717) is 6.04 Å². The molecule has 94 valence electrons. The summed E-state index contributed by atoms with van der Waals surface area (Å²) in [7, 11) is 0. The summed E-state index contributed by atoms with van der Waals surface area (Å²) >= 11 is 0. The lowest BCUT2D eigenvalue weighted by Crippen LogP contribution is -2.03. The monoisotopic (exact) mass is 241 g/mol. The Morgan fingerprint density at radius 1 is 1.06 bits per heavy atom. The van der Waals surface area contributed by atoms with Gasteiger partial charge in [-0.25, -0.2) is 0 Å². The van der Waals surface area contributed by atoms with E-state index >= 15 is 0 Å². The molecule has 0 saturated heterocycles. The van der Waals surface area contributed by atoms with E-state index in [4.69, 9.17) is 5.10 Å². The van der Waals surface area contributed by atoms with E-state index in [1.807, 2.05) is 0 Å². The molecule has 0 aliphatic heterocycles. The molecule has 0 spiro atoms. The molecular formula is C15H19N3. The molecule has 2 fully saturated rings. The zero-order valence-corrected chi connectivity index (χ0v) is 11.1. The van der Waals surface area contributed by atoms with E-state index in [0.717, 1.165) is 5.92 Å². The smallest absolute Gasteiger partial charge is 0.162 e. The van der Waals surface area contributed by atoms with Crippen molar-refractivity contribution in [1.82, 2.24) is 14.3 Å². The summed E-state index contributed by atoms with van der Waals surface area (Å²) in [4.78, 5) is 0. The Kier molecular flexibility index (Phi) is 2.02. The standard InChI is InChI=1S/C15H19N3/c1-10-3-4-11(2)18(10)15-14(12-5-6-12)9-17(16-15)13-7-8-13/h3-4,9,12-13H,5-8H2,1-2H3. The predicted molar refractivity (Wildman–Crippen MR) is 71.3 cm³/mol. The Bertz CT molecular complexity index is 578. The second-order valence-corrected chi connectivity index (χ2v) is 5.85. The van der Waals surface area contributed by atoms with E-state index in [9.17, 15) is 0 Å². The van der Waals surface area contributed by atoms with Gasteiger partial charge in [-0.15, -0.1) is 0 Å². The number of rotatable bonds is 3. The third-order valence-electron chi connectivity index (χ3n) is 4.16. The van der Waals surface area contributed by atoms with E-state index in [-0.39, 0.29) is 0 Å². The first-order chi connectivity index (χ1) is 8.74. The summed E-state index contributed by atoms with van der Waals surface area (Å²) in [6.07, 6.45) is 7.58. The Morgan fingerprint density at radius 2 is 1.72 bits per heavy atom. The third kappa shape index (κ3) is 1.53. The fourth-order valence-corrected chi connectivity index (χ4v) is 2.78. The van der Waals surface area contributed by atoms with Gasteiger partial charge in [-0.2, -0.15) is 5.10 Å². The van der Waals surface area contributed by atoms with Gasteiger partial charge < -0.3 is 4.57 Å². The van der Waals surface area contributed by atoms with Crippen LogP contribution in [0.1, 0.15) is 54.6 Å². The molecule has 2 aliphatic rings. The molecule has 2 aromatic heterocycles. The van der Waals surface area contributed by atoms with Gasteiger partial charge in [0, 0.05) is 23.1 Å². The van der Waals surface area contributed by atoms with Crippen molar-refractivity contribution in [3.8, 4) is 5.82 Å². The minimum Gasteiger partial charge on any atom is -0.301 e. The Balaban J connectivity index is 1.87. The van der Waals surface area contributed by atoms with Crippen molar-refractivity contribution in [3.63, 3.8) is 0 Å². The van der Waals surface area contributed by atoms with Gasteiger partial charge in [0.15, 0.2) is 5.82 Å². The van der Waals surface area contributed by atoms with Crippen LogP contribution in [0.25, 0.3) is 5.82 Å². The normalized spacial score (nSPS) is 19.4. The summed E-state index contributed by atoms with van der Waals surface area (Å²) in [6.45, 7) is 4.33. The molecule has 0 amide bonds. The number of hydrogen-bond acceptors (Lipinski definition) is 1. The topological polar surface area (TPSA) is 22.8 Å². The molecule has 0 atom stereocenters. The van der Waals surface area contributed by atoms with Crippen molar-refractivity contribution < 1.29 is 0 Å². The second-order valence-electron chi connectivity index (χ2n) is 5.85. The maximum absolute atomic E-state index is 4.88. The lowest BCUT2D eigenvalue weighted by atomic mass is 10.2. The van der Waals surface area contributed by atoms with Crippen LogP contribution in [-0.4, -0.2) is 14.3 Å². The molecule has 2 aromatic rings. The van der Waals surface area contributed by atoms with Crippen molar-refractivity contribution in [3.05, 3.63) is 35.3 Å². The summed E-state index contributed by atoms with van der Waals surface area (Å²) in [5, 5.41) is 4.88. The van der Waals surface area contributed by atoms with E-state index in [1.54, 1.807) is 0 Å². The molecule has 2 saturated carbocycles. The third-order valence-corrected chi connectivity index (χ3v) is 4.16. The van der Waals surface area contributed by atoms with Crippen LogP contribution in [0.4, 0.5) is 0 Å². The van der Waals surface area contributed by atoms with Crippen LogP contribution in [0, 0.1) is 13.8 Å². The highest BCUT2D eigenvalue weighted by Crippen LogP contribution is 2.44. The number of nitrogens with zero attached hydrogens (tertiary/aromatic N) is 3. The maximum Gasteiger partial charge on any atom is 0.162 e. The predicted octanol–water partition coefficient (Wildman–Crippen LogP) is 3.50. The zero-order valence-electron chi connectivity index (χ0n) is 11.1. The zero-order chi connectivity index (χ0) is 12.3. The molecule has 0 aromatic carbocycles. The summed E-state index contributed by atoms with van der Waals surface area (Å²) in [5.41, 5.74) is 4.04. The van der Waals surface area contributed by atoms with Crippen LogP contribution in [0.5, 0.6) is 0 Å². The van der Waals surface area contributed by atoms with Crippen molar-refractivity contribution in [1.29, 1.82) is 0 Å². The van der Waals surface area contributed by atoms with Gasteiger partial charge in [0.05, 0.1) is 6.04 Å². The molecule has 0 N–H and O–H groups in total. The summed E-state index contributed by atoms with van der Waals surface area (Å²) < 4.78 is 4.52. The van der Waals surface area contributed by atoms with Crippen LogP contribution >= 0.6 is 0 Å². The minimum absolute atomic E-state index is 0.674. The minimum atomic E-state index is 0.674. The Morgan fingerprint density at radius 3 is 2.28 bits per heavy atom. The molecule has 4 rings (SSSR count). The number of aryl methyl sites for hydroxylation is 2. The van der Waals surface area contributed by atoms with Crippen molar-refractivity contribution >= 4 is 0 Å². The molecule has 0 radical (unpaired) electrons. The SMILES string of the molecule is Cc1ccc(C)n1-c1nn(C2CC2)cc1C1CC1. The molecule has 18 heavy (non-hydrogen) atoms. The van der Waals surface area contributed by atoms with Crippen molar-refractivity contribution in [2.75, 3.05) is 0 Å². The Labute approximate surface area is 107 Å². The lowest BCUT2D eigenvalue weighted by Gasteiger charge is -2.08. The molecule has 0 bridgehead atoms. The highest BCUT2D eigenvalue weighted by atomic mass is 15.3. The lowest BCUT2D eigenvalue weighted by molar-refractivity contribution is 0.633. The van der Waals surface area contributed by atoms with E-state index in [2.05, 4.69) is 41.4 Å². The largest absolute Gasteiger partial charge is 0.301 e. The van der Waals surface area contributed by atoms with Crippen LogP contribution < -0.4 is 0 Å². The van der Waals surface area contributed by atoms with Gasteiger partial charge in [0.1, 0.15) is 0 Å². The van der Waals surface area contributed by atoms with Gasteiger partial charge in [-0.05, 0) is 57.6 Å². The molecule has 0 unspecified atom stereocenters. The van der Waals surface area contributed by atoms with Gasteiger partial charge in [0.2, 0.25) is 0 Å². The Hall–Kier alpha value is -1.51. The summed E-state index contributed by atoms with van der Waals surface area (Å²) in [6, 6.07) is 5.04. The molecular weight excluding hydrogens is 222 g/mol. The average molecular weight is 241 g/mol. The second kappa shape index (κ2) is 3.50. The van der Waals surface area contributed by atoms with Crippen molar-refractivity contribution in [2.45, 2.75) is 51.5 Å². The molecule has 3 heteroatoms. The van der Waals surface area contributed by atoms with E-state index < -0.39 is 0 Å². The highest BCUT2D eigenvalue weighted by molar-refractivity contribution is 5.42. The number of hydrogen-bond donors (Lipinski definition) is 0. The first-order valence-electron chi connectivity index (χ1n) is 6.98. The van der Waals surface area contributed by atoms with Crippen molar-refractivity contribution in [2.24, 2.45) is 0 Å². The maximum atomic E-state index is 4.88. The van der Waals surface area contributed by atoms with Gasteiger partial charge in [-0.3, -0.25) is 4.68 Å². The highest BCUT2D eigenvalue weighted by Gasteiger charge is 2.33. The van der Waals surface area contributed by atoms with Gasteiger partial charge in [0.25, 0.3) is 0 Å². The van der Waals surface area contributed by atoms with E-state index in [1.165, 1.54) is 48.5 Å².